The molecule has 0 saturated heterocycles. The molecule has 0 spiro atoms. The summed E-state index contributed by atoms with van der Waals surface area (Å²) >= 11 is 0. The fourth-order valence-corrected chi connectivity index (χ4v) is 4.24. The molecule has 0 nitrogen and oxygen atoms in total. The maximum Gasteiger partial charge on any atom is -0.00235 e. The van der Waals surface area contributed by atoms with E-state index in [1.165, 1.54) is 59.8 Å². The predicted octanol–water partition coefficient (Wildman–Crippen LogP) is 6.66. The molecule has 0 heterocycles. The Morgan fingerprint density at radius 1 is 0.522 bits per heavy atom. The molecular formula is C23H18. The molecule has 0 aromatic heterocycles. The van der Waals surface area contributed by atoms with Crippen molar-refractivity contribution in [1.29, 1.82) is 0 Å². The van der Waals surface area contributed by atoms with Gasteiger partial charge in [0.2, 0.25) is 0 Å². The first-order valence-corrected chi connectivity index (χ1v) is 8.23. The molecule has 110 valence electrons. The number of rotatable bonds is 0. The van der Waals surface area contributed by atoms with Crippen LogP contribution in [0, 0.1) is 20.8 Å². The first-order valence-electron chi connectivity index (χ1n) is 8.23. The third-order valence-electron chi connectivity index (χ3n) is 5.50. The van der Waals surface area contributed by atoms with Crippen molar-refractivity contribution in [3.63, 3.8) is 0 Å². The number of fused-ring (bicyclic) bond motifs is 2. The Balaban J connectivity index is 2.30. The Morgan fingerprint density at radius 2 is 1.22 bits per heavy atom. The minimum atomic E-state index is 1.35. The van der Waals surface area contributed by atoms with Crippen LogP contribution in [-0.2, 0) is 0 Å². The molecule has 23 heavy (non-hydrogen) atoms. The zero-order valence-corrected chi connectivity index (χ0v) is 13.7. The van der Waals surface area contributed by atoms with E-state index in [1.54, 1.807) is 0 Å². The molecule has 0 heteroatoms. The van der Waals surface area contributed by atoms with Gasteiger partial charge in [-0.2, -0.15) is 0 Å². The summed E-state index contributed by atoms with van der Waals surface area (Å²) < 4.78 is 0. The van der Waals surface area contributed by atoms with E-state index in [4.69, 9.17) is 0 Å². The minimum Gasteiger partial charge on any atom is -0.0610 e. The molecule has 0 saturated carbocycles. The number of hydrogen-bond acceptors (Lipinski definition) is 0. The molecule has 0 bridgehead atoms. The Bertz CT molecular complexity index is 1230. The van der Waals surface area contributed by atoms with Gasteiger partial charge in [0.15, 0.2) is 0 Å². The lowest BCUT2D eigenvalue weighted by Gasteiger charge is -2.18. The molecule has 5 aromatic carbocycles. The van der Waals surface area contributed by atoms with Gasteiger partial charge in [-0.15, -0.1) is 0 Å². The van der Waals surface area contributed by atoms with Crippen LogP contribution in [0.3, 0.4) is 0 Å². The van der Waals surface area contributed by atoms with Crippen LogP contribution in [0.25, 0.3) is 43.1 Å². The molecule has 5 aromatic rings. The normalized spacial score (nSPS) is 12.1. The first-order chi connectivity index (χ1) is 11.2. The van der Waals surface area contributed by atoms with E-state index in [0.717, 1.165) is 0 Å². The molecule has 0 unspecified atom stereocenters. The molecule has 0 atom stereocenters. The van der Waals surface area contributed by atoms with Crippen molar-refractivity contribution in [2.75, 3.05) is 0 Å². The van der Waals surface area contributed by atoms with Crippen LogP contribution in [-0.4, -0.2) is 0 Å². The van der Waals surface area contributed by atoms with Gasteiger partial charge in [0.1, 0.15) is 0 Å². The summed E-state index contributed by atoms with van der Waals surface area (Å²) in [5.74, 6) is 0. The Labute approximate surface area is 135 Å². The largest absolute Gasteiger partial charge is 0.0610 e. The summed E-state index contributed by atoms with van der Waals surface area (Å²) in [5.41, 5.74) is 4.13. The lowest BCUT2D eigenvalue weighted by Crippen LogP contribution is -1.92. The highest BCUT2D eigenvalue weighted by Gasteiger charge is 2.15. The van der Waals surface area contributed by atoms with Crippen LogP contribution in [0.1, 0.15) is 16.7 Å². The lowest BCUT2D eigenvalue weighted by atomic mass is 9.86. The average molecular weight is 294 g/mol. The van der Waals surface area contributed by atoms with Gasteiger partial charge < -0.3 is 0 Å². The second kappa shape index (κ2) is 4.23. The highest BCUT2D eigenvalue weighted by Crippen LogP contribution is 2.42. The third kappa shape index (κ3) is 1.51. The van der Waals surface area contributed by atoms with E-state index in [9.17, 15) is 0 Å². The molecule has 0 fully saturated rings. The SMILES string of the molecule is Cc1cc2cccc3c4ccc(C)c5cccc(c(c1C)c23)c54. The van der Waals surface area contributed by atoms with Gasteiger partial charge in [0, 0.05) is 0 Å². The van der Waals surface area contributed by atoms with Gasteiger partial charge in [-0.3, -0.25) is 0 Å². The van der Waals surface area contributed by atoms with E-state index < -0.39 is 0 Å². The van der Waals surface area contributed by atoms with Gasteiger partial charge in [0.25, 0.3) is 0 Å². The predicted molar refractivity (Wildman–Crippen MR) is 102 cm³/mol. The summed E-state index contributed by atoms with van der Waals surface area (Å²) in [6.45, 7) is 6.70. The fourth-order valence-electron chi connectivity index (χ4n) is 4.24. The first kappa shape index (κ1) is 12.9. The zero-order chi connectivity index (χ0) is 15.7. The fraction of sp³-hybridized carbons (Fsp3) is 0.130. The van der Waals surface area contributed by atoms with Crippen molar-refractivity contribution in [3.05, 3.63) is 71.3 Å². The van der Waals surface area contributed by atoms with Crippen molar-refractivity contribution in [2.45, 2.75) is 20.8 Å². The quantitative estimate of drug-likeness (QED) is 0.221. The van der Waals surface area contributed by atoms with E-state index in [2.05, 4.69) is 75.4 Å². The molecule has 0 aliphatic rings. The Morgan fingerprint density at radius 3 is 2.09 bits per heavy atom. The number of hydrogen-bond donors (Lipinski definition) is 0. The van der Waals surface area contributed by atoms with Crippen LogP contribution in [0.15, 0.2) is 54.6 Å². The summed E-state index contributed by atoms with van der Waals surface area (Å²) in [7, 11) is 0. The van der Waals surface area contributed by atoms with Crippen molar-refractivity contribution in [3.8, 4) is 0 Å². The maximum absolute atomic E-state index is 2.33. The zero-order valence-electron chi connectivity index (χ0n) is 13.7. The third-order valence-corrected chi connectivity index (χ3v) is 5.50. The van der Waals surface area contributed by atoms with Crippen molar-refractivity contribution in [1.82, 2.24) is 0 Å². The van der Waals surface area contributed by atoms with E-state index in [-0.39, 0.29) is 0 Å². The highest BCUT2D eigenvalue weighted by atomic mass is 14.2. The monoisotopic (exact) mass is 294 g/mol. The summed E-state index contributed by atoms with van der Waals surface area (Å²) in [6.07, 6.45) is 0. The van der Waals surface area contributed by atoms with Crippen LogP contribution in [0.2, 0.25) is 0 Å². The molecule has 5 rings (SSSR count). The standard InChI is InChI=1S/C23H18/c1-13-10-11-19-18-8-4-6-16-12-14(2)15(3)21(22(16)18)20-9-5-7-17(13)23(19)20/h4-12H,1-3H3. The molecule has 0 aliphatic carbocycles. The van der Waals surface area contributed by atoms with Crippen LogP contribution >= 0.6 is 0 Å². The molecular weight excluding hydrogens is 276 g/mol. The smallest absolute Gasteiger partial charge is 0.00235 e. The average Bonchev–Trinajstić information content (AvgIpc) is 2.56. The van der Waals surface area contributed by atoms with Gasteiger partial charge in [-0.05, 0) is 80.6 Å². The van der Waals surface area contributed by atoms with Crippen molar-refractivity contribution < 1.29 is 0 Å². The van der Waals surface area contributed by atoms with Crippen molar-refractivity contribution >= 4 is 43.1 Å². The second-order valence-electron chi connectivity index (χ2n) is 6.76. The van der Waals surface area contributed by atoms with Gasteiger partial charge in [0.05, 0.1) is 0 Å². The molecule has 0 aliphatic heterocycles. The second-order valence-corrected chi connectivity index (χ2v) is 6.76. The summed E-state index contributed by atoms with van der Waals surface area (Å²) in [4.78, 5) is 0. The van der Waals surface area contributed by atoms with E-state index in [0.29, 0.717) is 0 Å². The van der Waals surface area contributed by atoms with Crippen molar-refractivity contribution in [2.24, 2.45) is 0 Å². The Kier molecular flexibility index (Phi) is 2.37. The molecule has 0 N–H and O–H groups in total. The highest BCUT2D eigenvalue weighted by molar-refractivity contribution is 6.33. The van der Waals surface area contributed by atoms with Crippen LogP contribution in [0.4, 0.5) is 0 Å². The molecule has 0 radical (unpaired) electrons. The Hall–Kier alpha value is -2.60. The summed E-state index contributed by atoms with van der Waals surface area (Å²) in [5, 5.41) is 11.1. The maximum atomic E-state index is 2.33. The van der Waals surface area contributed by atoms with Gasteiger partial charge in [-0.25, -0.2) is 0 Å². The topological polar surface area (TPSA) is 0 Å². The van der Waals surface area contributed by atoms with Gasteiger partial charge in [-0.1, -0.05) is 54.6 Å². The van der Waals surface area contributed by atoms with Crippen LogP contribution < -0.4 is 0 Å². The number of benzene rings is 5. The number of aryl methyl sites for hydroxylation is 3. The molecule has 0 amide bonds. The van der Waals surface area contributed by atoms with Gasteiger partial charge >= 0.3 is 0 Å². The van der Waals surface area contributed by atoms with E-state index in [1.807, 2.05) is 0 Å². The van der Waals surface area contributed by atoms with E-state index >= 15 is 0 Å². The summed E-state index contributed by atoms with van der Waals surface area (Å²) in [6, 6.07) is 20.4. The minimum absolute atomic E-state index is 1.35. The van der Waals surface area contributed by atoms with Crippen LogP contribution in [0.5, 0.6) is 0 Å². The lowest BCUT2D eigenvalue weighted by molar-refractivity contribution is 1.40.